The van der Waals surface area contributed by atoms with Crippen LogP contribution in [0.15, 0.2) is 29.8 Å². The van der Waals surface area contributed by atoms with Crippen molar-refractivity contribution in [2.75, 3.05) is 12.0 Å². The van der Waals surface area contributed by atoms with E-state index in [0.29, 0.717) is 16.8 Å². The normalized spacial score (nSPS) is 15.0. The van der Waals surface area contributed by atoms with Gasteiger partial charge in [0.2, 0.25) is 0 Å². The molecule has 1 aliphatic rings. The van der Waals surface area contributed by atoms with E-state index in [1.54, 1.807) is 6.08 Å². The summed E-state index contributed by atoms with van der Waals surface area (Å²) in [6.45, 7) is 11.5. The van der Waals surface area contributed by atoms with Crippen LogP contribution in [0.4, 0.5) is 5.69 Å². The van der Waals surface area contributed by atoms with Gasteiger partial charge in [0, 0.05) is 16.3 Å². The van der Waals surface area contributed by atoms with Crippen molar-refractivity contribution in [3.63, 3.8) is 0 Å². The van der Waals surface area contributed by atoms with Gasteiger partial charge in [0.1, 0.15) is 10.6 Å². The summed E-state index contributed by atoms with van der Waals surface area (Å²) in [5.41, 5.74) is 6.25. The Balaban J connectivity index is 1.83. The van der Waals surface area contributed by atoms with Crippen molar-refractivity contribution in [1.29, 1.82) is 0 Å². The second-order valence-corrected chi connectivity index (χ2v) is 10.4. The zero-order chi connectivity index (χ0) is 26.5. The van der Waals surface area contributed by atoms with Crippen LogP contribution in [-0.2, 0) is 14.3 Å². The van der Waals surface area contributed by atoms with Crippen LogP contribution in [-0.4, -0.2) is 34.6 Å². The number of esters is 1. The lowest BCUT2D eigenvalue weighted by atomic mass is 10.0. The standard InChI is InChI=1S/C27H27N3O4S2/c1-13-9-8-10-21(15(13)3)30-24(32)20(23(31)28-27(30)35)12-19-11-14(2)29(17(19)5)25-22(26(33)34-7)16(4)18(6)36-25/h8-12H,1-7H3,(H,28,31,35)/b20-12-. The van der Waals surface area contributed by atoms with Gasteiger partial charge in [-0.05, 0) is 94.2 Å². The molecule has 186 valence electrons. The first-order chi connectivity index (χ1) is 17.0. The molecule has 1 fully saturated rings. The molecule has 7 nitrogen and oxygen atoms in total. The maximum absolute atomic E-state index is 13.6. The van der Waals surface area contributed by atoms with Gasteiger partial charge >= 0.3 is 5.97 Å². The van der Waals surface area contributed by atoms with E-state index in [4.69, 9.17) is 17.0 Å². The molecular weight excluding hydrogens is 494 g/mol. The van der Waals surface area contributed by atoms with Gasteiger partial charge in [0.05, 0.1) is 18.4 Å². The van der Waals surface area contributed by atoms with Crippen molar-refractivity contribution >= 4 is 58.2 Å². The van der Waals surface area contributed by atoms with Gasteiger partial charge in [-0.15, -0.1) is 11.3 Å². The van der Waals surface area contributed by atoms with Crippen LogP contribution < -0.4 is 10.2 Å². The van der Waals surface area contributed by atoms with Crippen molar-refractivity contribution in [2.45, 2.75) is 41.5 Å². The number of nitrogens with zero attached hydrogens (tertiary/aromatic N) is 2. The van der Waals surface area contributed by atoms with E-state index >= 15 is 0 Å². The molecular formula is C27H27N3O4S2. The summed E-state index contributed by atoms with van der Waals surface area (Å²) in [6.07, 6.45) is 1.58. The van der Waals surface area contributed by atoms with Crippen molar-refractivity contribution in [3.05, 3.63) is 73.9 Å². The zero-order valence-electron chi connectivity index (χ0n) is 21.2. The Hall–Kier alpha value is -3.56. The van der Waals surface area contributed by atoms with Gasteiger partial charge in [0.15, 0.2) is 5.11 Å². The molecule has 0 bridgehead atoms. The number of methoxy groups -OCH3 is 1. The molecule has 0 unspecified atom stereocenters. The number of rotatable bonds is 4. The number of benzene rings is 1. The Kier molecular flexibility index (Phi) is 6.72. The van der Waals surface area contributed by atoms with Crippen LogP contribution in [0, 0.1) is 41.5 Å². The third-order valence-electron chi connectivity index (χ3n) is 6.65. The summed E-state index contributed by atoms with van der Waals surface area (Å²) in [6, 6.07) is 7.51. The Bertz CT molecular complexity index is 1490. The number of carbonyl (C=O) groups excluding carboxylic acids is 3. The first kappa shape index (κ1) is 25.5. The van der Waals surface area contributed by atoms with Crippen LogP contribution in [0.5, 0.6) is 0 Å². The third-order valence-corrected chi connectivity index (χ3v) is 8.13. The van der Waals surface area contributed by atoms with Crippen molar-refractivity contribution in [1.82, 2.24) is 9.88 Å². The van der Waals surface area contributed by atoms with Gasteiger partial charge in [-0.25, -0.2) is 4.79 Å². The number of hydrogen-bond donors (Lipinski definition) is 1. The molecule has 3 aromatic rings. The smallest absolute Gasteiger partial charge is 0.341 e. The number of carbonyl (C=O) groups is 3. The highest BCUT2D eigenvalue weighted by molar-refractivity contribution is 7.80. The highest BCUT2D eigenvalue weighted by atomic mass is 32.1. The predicted molar refractivity (Wildman–Crippen MR) is 146 cm³/mol. The van der Waals surface area contributed by atoms with E-state index in [1.807, 2.05) is 70.4 Å². The fourth-order valence-corrected chi connectivity index (χ4v) is 5.89. The summed E-state index contributed by atoms with van der Waals surface area (Å²) in [7, 11) is 1.36. The third kappa shape index (κ3) is 4.08. The Morgan fingerprint density at radius 3 is 2.44 bits per heavy atom. The SMILES string of the molecule is COC(=O)c1c(-n2c(C)cc(/C=C3/C(=O)NC(=S)N(c4cccc(C)c4C)C3=O)c2C)sc(C)c1C. The maximum atomic E-state index is 13.6. The molecule has 36 heavy (non-hydrogen) atoms. The molecule has 0 atom stereocenters. The number of ether oxygens (including phenoxy) is 1. The number of aryl methyl sites for hydroxylation is 3. The summed E-state index contributed by atoms with van der Waals surface area (Å²) >= 11 is 6.86. The van der Waals surface area contributed by atoms with Crippen molar-refractivity contribution < 1.29 is 19.1 Å². The maximum Gasteiger partial charge on any atom is 0.341 e. The number of aromatic nitrogens is 1. The number of hydrogen-bond acceptors (Lipinski definition) is 6. The molecule has 1 saturated heterocycles. The molecule has 0 spiro atoms. The number of thiophene rings is 1. The summed E-state index contributed by atoms with van der Waals surface area (Å²) in [5, 5.41) is 3.45. The molecule has 3 heterocycles. The molecule has 2 aromatic heterocycles. The van der Waals surface area contributed by atoms with E-state index in [9.17, 15) is 14.4 Å². The average Bonchev–Trinajstić information content (AvgIpc) is 3.26. The monoisotopic (exact) mass is 521 g/mol. The van der Waals surface area contributed by atoms with Crippen LogP contribution in [0.2, 0.25) is 0 Å². The molecule has 2 amide bonds. The molecule has 1 N–H and O–H groups in total. The molecule has 1 aliphatic heterocycles. The highest BCUT2D eigenvalue weighted by Gasteiger charge is 2.35. The van der Waals surface area contributed by atoms with Gasteiger partial charge in [-0.2, -0.15) is 0 Å². The van der Waals surface area contributed by atoms with Gasteiger partial charge in [-0.3, -0.25) is 19.8 Å². The minimum absolute atomic E-state index is 0.0171. The minimum Gasteiger partial charge on any atom is -0.465 e. The second-order valence-electron chi connectivity index (χ2n) is 8.79. The largest absolute Gasteiger partial charge is 0.465 e. The first-order valence-corrected chi connectivity index (χ1v) is 12.6. The lowest BCUT2D eigenvalue weighted by molar-refractivity contribution is -0.122. The Morgan fingerprint density at radius 1 is 1.08 bits per heavy atom. The molecule has 4 rings (SSSR count). The molecule has 9 heteroatoms. The summed E-state index contributed by atoms with van der Waals surface area (Å²) in [4.78, 5) is 41.4. The first-order valence-electron chi connectivity index (χ1n) is 11.3. The molecule has 0 aliphatic carbocycles. The fourth-order valence-electron chi connectivity index (χ4n) is 4.36. The van der Waals surface area contributed by atoms with Gasteiger partial charge < -0.3 is 9.30 Å². The summed E-state index contributed by atoms with van der Waals surface area (Å²) < 4.78 is 7.00. The Morgan fingerprint density at radius 2 is 1.78 bits per heavy atom. The summed E-state index contributed by atoms with van der Waals surface area (Å²) in [5.74, 6) is -1.44. The predicted octanol–water partition coefficient (Wildman–Crippen LogP) is 5.01. The molecule has 0 radical (unpaired) electrons. The quantitative estimate of drug-likeness (QED) is 0.226. The number of amides is 2. The highest BCUT2D eigenvalue weighted by Crippen LogP contribution is 2.35. The minimum atomic E-state index is -0.547. The number of nitrogens with one attached hydrogen (secondary N) is 1. The van der Waals surface area contributed by atoms with E-state index in [2.05, 4.69) is 5.32 Å². The topological polar surface area (TPSA) is 80.6 Å². The van der Waals surface area contributed by atoms with Gasteiger partial charge in [-0.1, -0.05) is 12.1 Å². The average molecular weight is 522 g/mol. The van der Waals surface area contributed by atoms with E-state index in [0.717, 1.165) is 38.0 Å². The lowest BCUT2D eigenvalue weighted by Gasteiger charge is -2.30. The van der Waals surface area contributed by atoms with Crippen molar-refractivity contribution in [3.8, 4) is 5.00 Å². The zero-order valence-corrected chi connectivity index (χ0v) is 22.9. The van der Waals surface area contributed by atoms with Crippen LogP contribution in [0.1, 0.15) is 48.9 Å². The molecule has 0 saturated carbocycles. The second kappa shape index (κ2) is 9.48. The van der Waals surface area contributed by atoms with Crippen LogP contribution >= 0.6 is 23.6 Å². The van der Waals surface area contributed by atoms with E-state index < -0.39 is 17.8 Å². The fraction of sp³-hybridized carbons (Fsp3) is 0.259. The number of thiocarbonyl (C=S) groups is 1. The van der Waals surface area contributed by atoms with Crippen LogP contribution in [0.3, 0.4) is 0 Å². The number of anilines is 1. The lowest BCUT2D eigenvalue weighted by Crippen LogP contribution is -2.54. The van der Waals surface area contributed by atoms with Gasteiger partial charge in [0.25, 0.3) is 11.8 Å². The van der Waals surface area contributed by atoms with Crippen molar-refractivity contribution in [2.24, 2.45) is 0 Å². The van der Waals surface area contributed by atoms with Crippen LogP contribution in [0.25, 0.3) is 11.1 Å². The Labute approximate surface area is 219 Å². The molecule has 1 aromatic carbocycles. The van der Waals surface area contributed by atoms with E-state index in [-0.39, 0.29) is 10.7 Å². The van der Waals surface area contributed by atoms with E-state index in [1.165, 1.54) is 23.3 Å².